The third kappa shape index (κ3) is 5.73. The van der Waals surface area contributed by atoms with Crippen molar-refractivity contribution < 1.29 is 0 Å². The minimum Gasteiger partial charge on any atom is -0.356 e. The van der Waals surface area contributed by atoms with Crippen LogP contribution in [0.1, 0.15) is 17.4 Å². The number of fused-ring (bicyclic) bond motifs is 1. The molecule has 0 saturated heterocycles. The third-order valence-corrected chi connectivity index (χ3v) is 5.06. The number of benzene rings is 1. The van der Waals surface area contributed by atoms with Crippen LogP contribution >= 0.6 is 35.6 Å². The van der Waals surface area contributed by atoms with Gasteiger partial charge in [-0.05, 0) is 35.9 Å². The van der Waals surface area contributed by atoms with E-state index in [2.05, 4.69) is 30.9 Å². The molecule has 4 aromatic rings. The van der Waals surface area contributed by atoms with Crippen LogP contribution in [0.5, 0.6) is 0 Å². The molecule has 1 unspecified atom stereocenters. The number of hydrogen-bond acceptors (Lipinski definition) is 4. The van der Waals surface area contributed by atoms with Crippen LogP contribution in [0.4, 0.5) is 0 Å². The molecule has 8 nitrogen and oxygen atoms in total. The minimum atomic E-state index is 0. The van der Waals surface area contributed by atoms with Gasteiger partial charge in [-0.15, -0.1) is 34.2 Å². The van der Waals surface area contributed by atoms with Gasteiger partial charge in [-0.2, -0.15) is 5.10 Å². The van der Waals surface area contributed by atoms with Gasteiger partial charge >= 0.3 is 0 Å². The van der Waals surface area contributed by atoms with Gasteiger partial charge in [-0.1, -0.05) is 29.8 Å². The maximum absolute atomic E-state index is 6.05. The van der Waals surface area contributed by atoms with Gasteiger partial charge < -0.3 is 10.6 Å². The van der Waals surface area contributed by atoms with Crippen molar-refractivity contribution in [1.29, 1.82) is 0 Å². The van der Waals surface area contributed by atoms with Crippen molar-refractivity contribution >= 4 is 47.2 Å². The van der Waals surface area contributed by atoms with Gasteiger partial charge in [-0.3, -0.25) is 14.1 Å². The van der Waals surface area contributed by atoms with E-state index in [1.807, 2.05) is 70.0 Å². The summed E-state index contributed by atoms with van der Waals surface area (Å²) in [7, 11) is 1.76. The van der Waals surface area contributed by atoms with E-state index in [-0.39, 0.29) is 30.0 Å². The molecule has 0 fully saturated rings. The van der Waals surface area contributed by atoms with Crippen molar-refractivity contribution in [2.24, 2.45) is 4.99 Å². The number of rotatable bonds is 7. The predicted octanol–water partition coefficient (Wildman–Crippen LogP) is 3.19. The number of aliphatic imine (C=N–C) groups is 1. The summed E-state index contributed by atoms with van der Waals surface area (Å²) in [6, 6.07) is 15.6. The Kier molecular flexibility index (Phi) is 8.24. The van der Waals surface area contributed by atoms with Crippen LogP contribution in [-0.4, -0.2) is 50.5 Å². The van der Waals surface area contributed by atoms with E-state index in [1.54, 1.807) is 13.2 Å². The van der Waals surface area contributed by atoms with Crippen LogP contribution < -0.4 is 10.6 Å². The monoisotopic (exact) mass is 550 g/mol. The SMILES string of the molecule is CN=C(NCCc1nnc2ccccn12)NCC(c1ccc(Cl)cc1)n1cccn1.I. The largest absolute Gasteiger partial charge is 0.356 e. The van der Waals surface area contributed by atoms with Crippen molar-refractivity contribution in [3.63, 3.8) is 0 Å². The fourth-order valence-corrected chi connectivity index (χ4v) is 3.41. The molecule has 0 aliphatic carbocycles. The first kappa shape index (κ1) is 23.0. The highest BCUT2D eigenvalue weighted by Crippen LogP contribution is 2.19. The second kappa shape index (κ2) is 11.1. The zero-order valence-electron chi connectivity index (χ0n) is 17.0. The normalized spacial score (nSPS) is 12.4. The molecule has 31 heavy (non-hydrogen) atoms. The van der Waals surface area contributed by atoms with Gasteiger partial charge in [-0.25, -0.2) is 0 Å². The fraction of sp³-hybridized carbons (Fsp3) is 0.238. The fourth-order valence-electron chi connectivity index (χ4n) is 3.28. The summed E-state index contributed by atoms with van der Waals surface area (Å²) in [5, 5.41) is 20.3. The molecule has 0 spiro atoms. The lowest BCUT2D eigenvalue weighted by Gasteiger charge is -2.20. The summed E-state index contributed by atoms with van der Waals surface area (Å²) >= 11 is 6.05. The summed E-state index contributed by atoms with van der Waals surface area (Å²) in [6.07, 6.45) is 6.43. The lowest BCUT2D eigenvalue weighted by Crippen LogP contribution is -2.41. The van der Waals surface area contributed by atoms with Gasteiger partial charge in [0.25, 0.3) is 0 Å². The van der Waals surface area contributed by atoms with E-state index in [0.717, 1.165) is 29.4 Å². The highest BCUT2D eigenvalue weighted by atomic mass is 127. The van der Waals surface area contributed by atoms with Gasteiger partial charge in [0.1, 0.15) is 5.82 Å². The Balaban J connectivity index is 0.00000272. The molecule has 4 rings (SSSR count). The van der Waals surface area contributed by atoms with Gasteiger partial charge in [0.2, 0.25) is 0 Å². The number of nitrogens with zero attached hydrogens (tertiary/aromatic N) is 6. The molecular weight excluding hydrogens is 527 g/mol. The van der Waals surface area contributed by atoms with Crippen LogP contribution in [0.25, 0.3) is 5.65 Å². The van der Waals surface area contributed by atoms with E-state index in [1.165, 1.54) is 0 Å². The molecule has 0 aliphatic rings. The Labute approximate surface area is 202 Å². The predicted molar refractivity (Wildman–Crippen MR) is 133 cm³/mol. The Bertz CT molecular complexity index is 1110. The van der Waals surface area contributed by atoms with Crippen LogP contribution in [0.3, 0.4) is 0 Å². The lowest BCUT2D eigenvalue weighted by molar-refractivity contribution is 0.510. The quantitative estimate of drug-likeness (QED) is 0.210. The van der Waals surface area contributed by atoms with Crippen molar-refractivity contribution in [3.05, 3.63) is 83.5 Å². The Morgan fingerprint density at radius 1 is 1.06 bits per heavy atom. The lowest BCUT2D eigenvalue weighted by atomic mass is 10.1. The van der Waals surface area contributed by atoms with E-state index >= 15 is 0 Å². The van der Waals surface area contributed by atoms with Crippen LogP contribution in [-0.2, 0) is 6.42 Å². The zero-order chi connectivity index (χ0) is 20.8. The second-order valence-electron chi connectivity index (χ2n) is 6.73. The minimum absolute atomic E-state index is 0. The van der Waals surface area contributed by atoms with Crippen LogP contribution in [0, 0.1) is 0 Å². The Hall–Kier alpha value is -2.66. The van der Waals surface area contributed by atoms with Gasteiger partial charge in [0.05, 0.1) is 6.04 Å². The number of pyridine rings is 1. The van der Waals surface area contributed by atoms with E-state index in [4.69, 9.17) is 11.6 Å². The number of guanidine groups is 1. The number of aromatic nitrogens is 5. The summed E-state index contributed by atoms with van der Waals surface area (Å²) < 4.78 is 3.91. The van der Waals surface area contributed by atoms with E-state index in [9.17, 15) is 0 Å². The van der Waals surface area contributed by atoms with Crippen molar-refractivity contribution in [2.45, 2.75) is 12.5 Å². The summed E-state index contributed by atoms with van der Waals surface area (Å²) in [5.41, 5.74) is 1.96. The molecule has 0 aliphatic heterocycles. The average molecular weight is 551 g/mol. The topological polar surface area (TPSA) is 84.4 Å². The zero-order valence-corrected chi connectivity index (χ0v) is 20.1. The molecule has 0 radical (unpaired) electrons. The average Bonchev–Trinajstić information content (AvgIpc) is 3.44. The van der Waals surface area contributed by atoms with Crippen LogP contribution in [0.15, 0.2) is 72.1 Å². The Morgan fingerprint density at radius 3 is 2.65 bits per heavy atom. The summed E-state index contributed by atoms with van der Waals surface area (Å²) in [5.74, 6) is 1.62. The maximum atomic E-state index is 6.05. The number of hydrogen-bond donors (Lipinski definition) is 2. The molecular formula is C21H24ClIN8. The molecule has 0 amide bonds. The highest BCUT2D eigenvalue weighted by Gasteiger charge is 2.15. The van der Waals surface area contributed by atoms with Crippen LogP contribution in [0.2, 0.25) is 5.02 Å². The molecule has 1 aromatic carbocycles. The highest BCUT2D eigenvalue weighted by molar-refractivity contribution is 14.0. The standard InChI is InChI=1S/C21H23ClN8.HI/c1-23-21(24-12-10-20-28-27-19-5-2-3-13-29(19)20)25-15-18(30-14-4-11-26-30)16-6-8-17(22)9-7-16;/h2-9,11,13-14,18H,10,12,15H2,1H3,(H2,23,24,25);1H. The van der Waals surface area contributed by atoms with E-state index < -0.39 is 0 Å². The molecule has 0 bridgehead atoms. The van der Waals surface area contributed by atoms with Crippen molar-refractivity contribution in [2.75, 3.05) is 20.1 Å². The molecule has 3 aromatic heterocycles. The molecule has 2 N–H and O–H groups in total. The first-order chi connectivity index (χ1) is 14.7. The van der Waals surface area contributed by atoms with E-state index in [0.29, 0.717) is 18.1 Å². The molecule has 10 heteroatoms. The first-order valence-corrected chi connectivity index (χ1v) is 10.1. The maximum Gasteiger partial charge on any atom is 0.191 e. The molecule has 162 valence electrons. The third-order valence-electron chi connectivity index (χ3n) is 4.81. The Morgan fingerprint density at radius 2 is 1.90 bits per heavy atom. The number of nitrogens with one attached hydrogen (secondary N) is 2. The molecule has 1 atom stereocenters. The first-order valence-electron chi connectivity index (χ1n) is 9.72. The van der Waals surface area contributed by atoms with Crippen molar-refractivity contribution in [3.8, 4) is 0 Å². The van der Waals surface area contributed by atoms with Crippen molar-refractivity contribution in [1.82, 2.24) is 35.0 Å². The number of halogens is 2. The molecule has 0 saturated carbocycles. The summed E-state index contributed by atoms with van der Waals surface area (Å²) in [6.45, 7) is 1.31. The second-order valence-corrected chi connectivity index (χ2v) is 7.16. The van der Waals surface area contributed by atoms with Gasteiger partial charge in [0.15, 0.2) is 11.6 Å². The molecule has 3 heterocycles. The summed E-state index contributed by atoms with van der Waals surface area (Å²) in [4.78, 5) is 4.33. The smallest absolute Gasteiger partial charge is 0.191 e. The van der Waals surface area contributed by atoms with Gasteiger partial charge in [0, 0.05) is 50.2 Å².